The van der Waals surface area contributed by atoms with Crippen LogP contribution >= 0.6 is 0 Å². The third-order valence-corrected chi connectivity index (χ3v) is 5.80. The maximum atomic E-state index is 12.3. The molecule has 0 unspecified atom stereocenters. The fourth-order valence-electron chi connectivity index (χ4n) is 4.15. The molecular formula is C32H35N3O5. The third kappa shape index (κ3) is 7.96. The van der Waals surface area contributed by atoms with Crippen molar-refractivity contribution in [3.8, 4) is 5.75 Å². The zero-order chi connectivity index (χ0) is 28.5. The molecule has 208 valence electrons. The van der Waals surface area contributed by atoms with Gasteiger partial charge in [-0.25, -0.2) is 9.78 Å². The van der Waals surface area contributed by atoms with E-state index in [9.17, 15) is 9.59 Å². The van der Waals surface area contributed by atoms with E-state index < -0.39 is 5.60 Å². The number of anilines is 1. The van der Waals surface area contributed by atoms with Crippen LogP contribution in [0.1, 0.15) is 39.0 Å². The van der Waals surface area contributed by atoms with Crippen molar-refractivity contribution in [3.63, 3.8) is 0 Å². The second kappa shape index (κ2) is 13.0. The van der Waals surface area contributed by atoms with Crippen LogP contribution in [0, 0.1) is 0 Å². The summed E-state index contributed by atoms with van der Waals surface area (Å²) in [4.78, 5) is 28.9. The van der Waals surface area contributed by atoms with E-state index in [2.05, 4.69) is 10.3 Å². The number of nitrogens with one attached hydrogen (secondary N) is 1. The molecule has 4 aromatic rings. The number of nitrogens with zero attached hydrogens (tertiary/aromatic N) is 2. The second-order valence-corrected chi connectivity index (χ2v) is 10.1. The Hall–Kier alpha value is -4.59. The molecule has 0 atom stereocenters. The normalized spacial score (nSPS) is 11.8. The van der Waals surface area contributed by atoms with Crippen molar-refractivity contribution in [1.29, 1.82) is 0 Å². The first kappa shape index (κ1) is 28.4. The van der Waals surface area contributed by atoms with E-state index in [1.54, 1.807) is 6.92 Å². The van der Waals surface area contributed by atoms with Crippen LogP contribution in [0.3, 0.4) is 0 Å². The van der Waals surface area contributed by atoms with Crippen LogP contribution in [0.5, 0.6) is 5.75 Å². The van der Waals surface area contributed by atoms with Crippen LogP contribution in [-0.2, 0) is 25.5 Å². The van der Waals surface area contributed by atoms with E-state index in [-0.39, 0.29) is 18.5 Å². The molecule has 40 heavy (non-hydrogen) atoms. The Morgan fingerprint density at radius 1 is 1.00 bits per heavy atom. The summed E-state index contributed by atoms with van der Waals surface area (Å²) in [7, 11) is 0. The molecule has 8 nitrogen and oxygen atoms in total. The minimum Gasteiger partial charge on any atom is -0.493 e. The Balaban J connectivity index is 1.41. The lowest BCUT2D eigenvalue weighted by Crippen LogP contribution is -2.28. The molecule has 0 fully saturated rings. The minimum absolute atomic E-state index is 0.0465. The lowest BCUT2D eigenvalue weighted by Gasteiger charge is -2.19. The highest BCUT2D eigenvalue weighted by Crippen LogP contribution is 2.27. The van der Waals surface area contributed by atoms with Crippen molar-refractivity contribution in [2.24, 2.45) is 0 Å². The number of aromatic nitrogens is 2. The van der Waals surface area contributed by atoms with Crippen LogP contribution in [0.2, 0.25) is 0 Å². The van der Waals surface area contributed by atoms with Gasteiger partial charge in [0.1, 0.15) is 23.7 Å². The molecular weight excluding hydrogens is 506 g/mol. The summed E-state index contributed by atoms with van der Waals surface area (Å²) in [6.45, 7) is 8.09. The van der Waals surface area contributed by atoms with Crippen molar-refractivity contribution in [3.05, 3.63) is 96.3 Å². The van der Waals surface area contributed by atoms with E-state index >= 15 is 0 Å². The third-order valence-electron chi connectivity index (χ3n) is 5.80. The van der Waals surface area contributed by atoms with Crippen LogP contribution in [0.4, 0.5) is 5.82 Å². The summed E-state index contributed by atoms with van der Waals surface area (Å²) < 4.78 is 18.5. The summed E-state index contributed by atoms with van der Waals surface area (Å²) in [6.07, 6.45) is 4.06. The summed E-state index contributed by atoms with van der Waals surface area (Å²) in [5, 5.41) is 4.00. The molecule has 2 aromatic heterocycles. The largest absolute Gasteiger partial charge is 0.493 e. The van der Waals surface area contributed by atoms with E-state index in [0.717, 1.165) is 33.6 Å². The van der Waals surface area contributed by atoms with Crippen molar-refractivity contribution >= 4 is 34.4 Å². The van der Waals surface area contributed by atoms with Gasteiger partial charge >= 0.3 is 11.9 Å². The number of carbonyl (C=O) groups excluding carboxylic acids is 2. The van der Waals surface area contributed by atoms with Gasteiger partial charge in [0, 0.05) is 29.8 Å². The predicted molar refractivity (Wildman–Crippen MR) is 156 cm³/mol. The van der Waals surface area contributed by atoms with Gasteiger partial charge < -0.3 is 24.1 Å². The average molecular weight is 542 g/mol. The molecule has 0 saturated carbocycles. The van der Waals surface area contributed by atoms with Gasteiger partial charge in [0.2, 0.25) is 0 Å². The van der Waals surface area contributed by atoms with Gasteiger partial charge in [0.05, 0.1) is 24.4 Å². The SMILES string of the molecule is CCOC(=O)/C=C(\c1ccccc1)n1ccc2cc(OCCc3cccc(NCC(=O)OC(C)(C)C)n3)ccc21. The molecule has 4 rings (SSSR count). The van der Waals surface area contributed by atoms with Gasteiger partial charge in [0.15, 0.2) is 0 Å². The standard InChI is InChI=1S/C32H35N3O5/c1-5-38-30(36)21-28(23-10-7-6-8-11-23)35-18-16-24-20-26(14-15-27(24)35)39-19-17-25-12-9-13-29(34-25)33-22-31(37)40-32(2,3)4/h6-16,18,20-21H,5,17,19,22H2,1-4H3,(H,33,34)/b28-21+. The summed E-state index contributed by atoms with van der Waals surface area (Å²) in [5.74, 6) is 0.622. The first-order chi connectivity index (χ1) is 19.2. The average Bonchev–Trinajstić information content (AvgIpc) is 3.34. The zero-order valence-corrected chi connectivity index (χ0v) is 23.3. The smallest absolute Gasteiger partial charge is 0.332 e. The van der Waals surface area contributed by atoms with Crippen molar-refractivity contribution in [2.45, 2.75) is 39.7 Å². The topological polar surface area (TPSA) is 91.7 Å². The Morgan fingerprint density at radius 2 is 1.80 bits per heavy atom. The molecule has 0 aliphatic heterocycles. The zero-order valence-electron chi connectivity index (χ0n) is 23.3. The molecule has 0 aliphatic rings. The van der Waals surface area contributed by atoms with E-state index in [4.69, 9.17) is 14.2 Å². The molecule has 0 spiro atoms. The van der Waals surface area contributed by atoms with Crippen molar-refractivity contribution in [2.75, 3.05) is 25.1 Å². The Labute approximate surface area is 234 Å². The number of ether oxygens (including phenoxy) is 3. The van der Waals surface area contributed by atoms with Crippen LogP contribution in [-0.4, -0.2) is 46.8 Å². The molecule has 0 saturated heterocycles. The fraction of sp³-hybridized carbons (Fsp3) is 0.281. The number of carbonyl (C=O) groups is 2. The van der Waals surface area contributed by atoms with Crippen LogP contribution in [0.25, 0.3) is 16.6 Å². The lowest BCUT2D eigenvalue weighted by atomic mass is 10.1. The number of hydrogen-bond donors (Lipinski definition) is 1. The number of pyridine rings is 1. The van der Waals surface area contributed by atoms with Gasteiger partial charge in [-0.05, 0) is 69.7 Å². The quantitative estimate of drug-likeness (QED) is 0.188. The summed E-state index contributed by atoms with van der Waals surface area (Å²) in [6, 6.07) is 23.2. The minimum atomic E-state index is -0.527. The summed E-state index contributed by atoms with van der Waals surface area (Å²) >= 11 is 0. The maximum Gasteiger partial charge on any atom is 0.332 e. The van der Waals surface area contributed by atoms with Crippen molar-refractivity contribution in [1.82, 2.24) is 9.55 Å². The number of esters is 2. The number of hydrogen-bond acceptors (Lipinski definition) is 7. The van der Waals surface area contributed by atoms with Crippen LogP contribution < -0.4 is 10.1 Å². The number of rotatable bonds is 11. The molecule has 2 heterocycles. The summed E-state index contributed by atoms with van der Waals surface area (Å²) in [5.41, 5.74) is 2.90. The molecule has 0 aliphatic carbocycles. The molecule has 2 aromatic carbocycles. The first-order valence-corrected chi connectivity index (χ1v) is 13.3. The highest BCUT2D eigenvalue weighted by molar-refractivity contribution is 5.95. The molecule has 0 radical (unpaired) electrons. The van der Waals surface area contributed by atoms with E-state index in [1.807, 2.05) is 104 Å². The van der Waals surface area contributed by atoms with Gasteiger partial charge in [-0.15, -0.1) is 0 Å². The lowest BCUT2D eigenvalue weighted by molar-refractivity contribution is -0.152. The Bertz CT molecular complexity index is 1490. The monoisotopic (exact) mass is 541 g/mol. The fourth-order valence-corrected chi connectivity index (χ4v) is 4.15. The Kier molecular flexibility index (Phi) is 9.22. The highest BCUT2D eigenvalue weighted by Gasteiger charge is 2.16. The van der Waals surface area contributed by atoms with Gasteiger partial charge in [-0.1, -0.05) is 36.4 Å². The van der Waals surface area contributed by atoms with Crippen LogP contribution in [0.15, 0.2) is 85.1 Å². The van der Waals surface area contributed by atoms with Gasteiger partial charge in [-0.2, -0.15) is 0 Å². The number of benzene rings is 2. The molecule has 8 heteroatoms. The Morgan fingerprint density at radius 3 is 2.55 bits per heavy atom. The predicted octanol–water partition coefficient (Wildman–Crippen LogP) is 5.86. The first-order valence-electron chi connectivity index (χ1n) is 13.3. The van der Waals surface area contributed by atoms with Gasteiger partial charge in [0.25, 0.3) is 0 Å². The van der Waals surface area contributed by atoms with Crippen molar-refractivity contribution < 1.29 is 23.8 Å². The number of fused-ring (bicyclic) bond motifs is 1. The molecule has 0 amide bonds. The second-order valence-electron chi connectivity index (χ2n) is 10.1. The highest BCUT2D eigenvalue weighted by atomic mass is 16.6. The van der Waals surface area contributed by atoms with E-state index in [0.29, 0.717) is 25.5 Å². The maximum absolute atomic E-state index is 12.3. The van der Waals surface area contributed by atoms with E-state index in [1.165, 1.54) is 6.08 Å². The van der Waals surface area contributed by atoms with Gasteiger partial charge in [-0.3, -0.25) is 4.79 Å². The molecule has 1 N–H and O–H groups in total. The molecule has 0 bridgehead atoms.